The number of rotatable bonds is 5. The number of aromatic nitrogens is 2. The smallest absolute Gasteiger partial charge is 0.335 e. The van der Waals surface area contributed by atoms with Gasteiger partial charge in [0.1, 0.15) is 0 Å². The first kappa shape index (κ1) is 17.4. The van der Waals surface area contributed by atoms with E-state index in [0.29, 0.717) is 22.9 Å². The van der Waals surface area contributed by atoms with Crippen molar-refractivity contribution in [1.29, 1.82) is 0 Å². The number of carbonyl (C=O) groups is 1. The summed E-state index contributed by atoms with van der Waals surface area (Å²) in [5.74, 6) is -0.0988. The summed E-state index contributed by atoms with van der Waals surface area (Å²) >= 11 is 0. The molecule has 0 aliphatic rings. The molecule has 1 heterocycles. The molecule has 1 atom stereocenters. The molecule has 0 unspecified atom stereocenters. The van der Waals surface area contributed by atoms with Crippen LogP contribution in [0.1, 0.15) is 28.9 Å². The number of hydrogen-bond donors (Lipinski definition) is 2. The first-order valence-corrected chi connectivity index (χ1v) is 8.21. The van der Waals surface area contributed by atoms with Crippen LogP contribution in [0.5, 0.6) is 0 Å². The molecule has 3 aromatic rings. The van der Waals surface area contributed by atoms with Crippen molar-refractivity contribution in [3.63, 3.8) is 0 Å². The predicted octanol–water partition coefficient (Wildman–Crippen LogP) is 3.62. The fraction of sp³-hybridized carbons (Fsp3) is 0.150. The molecule has 2 aromatic carbocycles. The summed E-state index contributed by atoms with van der Waals surface area (Å²) < 4.78 is 0. The van der Waals surface area contributed by atoms with Gasteiger partial charge in [0, 0.05) is 12.6 Å². The van der Waals surface area contributed by atoms with E-state index in [4.69, 9.17) is 5.73 Å². The molecular weight excluding hydrogens is 328 g/mol. The van der Waals surface area contributed by atoms with E-state index in [0.717, 1.165) is 5.56 Å². The van der Waals surface area contributed by atoms with Crippen LogP contribution in [-0.4, -0.2) is 28.1 Å². The molecule has 3 N–H and O–H groups in total. The van der Waals surface area contributed by atoms with E-state index in [2.05, 4.69) is 16.9 Å². The minimum atomic E-state index is -0.981. The molecule has 0 radical (unpaired) electrons. The van der Waals surface area contributed by atoms with Gasteiger partial charge in [0.15, 0.2) is 11.6 Å². The minimum Gasteiger partial charge on any atom is -0.478 e. The first-order valence-electron chi connectivity index (χ1n) is 8.21. The third-order valence-electron chi connectivity index (χ3n) is 4.38. The molecule has 0 aliphatic heterocycles. The zero-order valence-corrected chi connectivity index (χ0v) is 14.6. The van der Waals surface area contributed by atoms with Gasteiger partial charge in [0.05, 0.1) is 23.5 Å². The quantitative estimate of drug-likeness (QED) is 0.731. The van der Waals surface area contributed by atoms with E-state index < -0.39 is 5.97 Å². The lowest BCUT2D eigenvalue weighted by Crippen LogP contribution is -2.24. The molecule has 0 bridgehead atoms. The SMILES string of the molecule is C[C@H](c1ccccc1)N(C)c1nc(-c2cccc(C(=O)O)c2)cnc1N. The number of nitrogen functional groups attached to an aromatic ring is 1. The molecule has 0 fully saturated rings. The van der Waals surface area contributed by atoms with Crippen molar-refractivity contribution in [2.24, 2.45) is 0 Å². The number of carboxylic acids is 1. The Balaban J connectivity index is 1.98. The van der Waals surface area contributed by atoms with Crippen LogP contribution < -0.4 is 10.6 Å². The summed E-state index contributed by atoms with van der Waals surface area (Å²) in [5.41, 5.74) is 8.64. The highest BCUT2D eigenvalue weighted by Gasteiger charge is 2.18. The van der Waals surface area contributed by atoms with Crippen LogP contribution in [0.25, 0.3) is 11.3 Å². The van der Waals surface area contributed by atoms with Gasteiger partial charge >= 0.3 is 5.97 Å². The van der Waals surface area contributed by atoms with Gasteiger partial charge in [0.2, 0.25) is 0 Å². The molecule has 3 rings (SSSR count). The number of carboxylic acid groups (broad SMARTS) is 1. The highest BCUT2D eigenvalue weighted by atomic mass is 16.4. The lowest BCUT2D eigenvalue weighted by atomic mass is 10.1. The third-order valence-corrected chi connectivity index (χ3v) is 4.38. The Bertz CT molecular complexity index is 928. The average Bonchev–Trinajstić information content (AvgIpc) is 2.68. The van der Waals surface area contributed by atoms with E-state index in [1.165, 1.54) is 0 Å². The number of benzene rings is 2. The maximum Gasteiger partial charge on any atom is 0.335 e. The van der Waals surface area contributed by atoms with Gasteiger partial charge in [-0.2, -0.15) is 0 Å². The van der Waals surface area contributed by atoms with Crippen LogP contribution in [0.3, 0.4) is 0 Å². The average molecular weight is 348 g/mol. The summed E-state index contributed by atoms with van der Waals surface area (Å²) in [6.07, 6.45) is 1.56. The second-order valence-corrected chi connectivity index (χ2v) is 6.05. The Hall–Kier alpha value is -3.41. The van der Waals surface area contributed by atoms with Gasteiger partial charge in [-0.15, -0.1) is 0 Å². The fourth-order valence-corrected chi connectivity index (χ4v) is 2.74. The second-order valence-electron chi connectivity index (χ2n) is 6.05. The molecule has 132 valence electrons. The van der Waals surface area contributed by atoms with Crippen molar-refractivity contribution < 1.29 is 9.90 Å². The molecule has 1 aromatic heterocycles. The van der Waals surface area contributed by atoms with E-state index in [1.54, 1.807) is 30.5 Å². The molecule has 0 amide bonds. The summed E-state index contributed by atoms with van der Waals surface area (Å²) in [7, 11) is 1.91. The number of anilines is 2. The minimum absolute atomic E-state index is 0.0494. The highest BCUT2D eigenvalue weighted by molar-refractivity contribution is 5.89. The Morgan fingerprint density at radius 1 is 1.15 bits per heavy atom. The highest BCUT2D eigenvalue weighted by Crippen LogP contribution is 2.29. The van der Waals surface area contributed by atoms with Gasteiger partial charge in [-0.25, -0.2) is 14.8 Å². The summed E-state index contributed by atoms with van der Waals surface area (Å²) in [6.45, 7) is 2.06. The van der Waals surface area contributed by atoms with Crippen LogP contribution in [-0.2, 0) is 0 Å². The van der Waals surface area contributed by atoms with Gasteiger partial charge in [0.25, 0.3) is 0 Å². The molecule has 0 aliphatic carbocycles. The first-order chi connectivity index (χ1) is 12.5. The fourth-order valence-electron chi connectivity index (χ4n) is 2.74. The van der Waals surface area contributed by atoms with Crippen LogP contribution in [0.2, 0.25) is 0 Å². The second kappa shape index (κ2) is 7.23. The molecule has 26 heavy (non-hydrogen) atoms. The summed E-state index contributed by atoms with van der Waals surface area (Å²) in [6, 6.07) is 16.7. The molecule has 6 nitrogen and oxygen atoms in total. The van der Waals surface area contributed by atoms with Crippen LogP contribution >= 0.6 is 0 Å². The summed E-state index contributed by atoms with van der Waals surface area (Å²) in [5, 5.41) is 9.18. The number of hydrogen-bond acceptors (Lipinski definition) is 5. The lowest BCUT2D eigenvalue weighted by Gasteiger charge is -2.27. The Morgan fingerprint density at radius 3 is 2.58 bits per heavy atom. The topological polar surface area (TPSA) is 92.3 Å². The molecule has 0 saturated carbocycles. The number of aromatic carboxylic acids is 1. The normalized spacial score (nSPS) is 11.8. The van der Waals surface area contributed by atoms with Crippen molar-refractivity contribution in [2.45, 2.75) is 13.0 Å². The standard InChI is InChI=1S/C20H20N4O2/c1-13(14-7-4-3-5-8-14)24(2)19-18(21)22-12-17(23-19)15-9-6-10-16(11-15)20(25)26/h3-13H,1-2H3,(H2,21,22)(H,25,26)/t13-/m1/s1. The van der Waals surface area contributed by atoms with E-state index >= 15 is 0 Å². The zero-order valence-electron chi connectivity index (χ0n) is 14.6. The largest absolute Gasteiger partial charge is 0.478 e. The van der Waals surface area contributed by atoms with Gasteiger partial charge in [-0.3, -0.25) is 0 Å². The van der Waals surface area contributed by atoms with Crippen LogP contribution in [0, 0.1) is 0 Å². The van der Waals surface area contributed by atoms with Gasteiger partial charge < -0.3 is 15.7 Å². The van der Waals surface area contributed by atoms with Crippen molar-refractivity contribution in [1.82, 2.24) is 9.97 Å². The number of nitrogens with two attached hydrogens (primary N) is 1. The summed E-state index contributed by atoms with van der Waals surface area (Å²) in [4.78, 5) is 22.0. The maximum absolute atomic E-state index is 11.2. The van der Waals surface area contributed by atoms with Crippen molar-refractivity contribution in [3.8, 4) is 11.3 Å². The maximum atomic E-state index is 11.2. The van der Waals surface area contributed by atoms with Gasteiger partial charge in [-0.05, 0) is 24.6 Å². The van der Waals surface area contributed by atoms with E-state index in [1.807, 2.05) is 42.3 Å². The predicted molar refractivity (Wildman–Crippen MR) is 102 cm³/mol. The molecule has 0 spiro atoms. The van der Waals surface area contributed by atoms with Crippen molar-refractivity contribution in [2.75, 3.05) is 17.7 Å². The van der Waals surface area contributed by atoms with Crippen LogP contribution in [0.4, 0.5) is 11.6 Å². The zero-order chi connectivity index (χ0) is 18.7. The van der Waals surface area contributed by atoms with Crippen molar-refractivity contribution in [3.05, 3.63) is 71.9 Å². The van der Waals surface area contributed by atoms with Crippen molar-refractivity contribution >= 4 is 17.6 Å². The Kier molecular flexibility index (Phi) is 4.84. The third kappa shape index (κ3) is 3.49. The lowest BCUT2D eigenvalue weighted by molar-refractivity contribution is 0.0697. The Morgan fingerprint density at radius 2 is 1.88 bits per heavy atom. The molecular formula is C20H20N4O2. The molecule has 6 heteroatoms. The Labute approximate surface area is 152 Å². The van der Waals surface area contributed by atoms with E-state index in [9.17, 15) is 9.90 Å². The van der Waals surface area contributed by atoms with Gasteiger partial charge in [-0.1, -0.05) is 42.5 Å². The van der Waals surface area contributed by atoms with E-state index in [-0.39, 0.29) is 11.6 Å². The number of nitrogens with zero attached hydrogens (tertiary/aromatic N) is 3. The monoisotopic (exact) mass is 348 g/mol. The molecule has 0 saturated heterocycles. The van der Waals surface area contributed by atoms with Crippen LogP contribution in [0.15, 0.2) is 60.8 Å².